The van der Waals surface area contributed by atoms with Crippen molar-refractivity contribution in [3.8, 4) is 0 Å². The number of nitrogens with one attached hydrogen (secondary N) is 1. The molecule has 1 fully saturated rings. The number of nitrogens with zero attached hydrogens (tertiary/aromatic N) is 2. The molecular weight excluding hydrogens is 200 g/mol. The number of hydrogen-bond donors (Lipinski definition) is 3. The van der Waals surface area contributed by atoms with E-state index in [0.717, 1.165) is 0 Å². The van der Waals surface area contributed by atoms with Crippen molar-refractivity contribution < 1.29 is 14.6 Å². The van der Waals surface area contributed by atoms with Crippen LogP contribution >= 0.6 is 0 Å². The van der Waals surface area contributed by atoms with Crippen molar-refractivity contribution in [2.24, 2.45) is 0 Å². The van der Waals surface area contributed by atoms with Gasteiger partial charge in [0.15, 0.2) is 0 Å². The molecule has 0 radical (unpaired) electrons. The number of aromatic nitrogens is 3. The van der Waals surface area contributed by atoms with Crippen molar-refractivity contribution >= 4 is 11.9 Å². The highest BCUT2D eigenvalue weighted by molar-refractivity contribution is 5.80. The van der Waals surface area contributed by atoms with Crippen molar-refractivity contribution in [3.63, 3.8) is 0 Å². The molecule has 1 saturated heterocycles. The first-order chi connectivity index (χ1) is 7.15. The molecule has 1 aromatic heterocycles. The first kappa shape index (κ1) is 9.91. The van der Waals surface area contributed by atoms with Crippen LogP contribution < -0.4 is 5.73 Å². The number of hydrogen-bond acceptors (Lipinski definition) is 5. The highest BCUT2D eigenvalue weighted by Crippen LogP contribution is 2.32. The third-order valence-electron chi connectivity index (χ3n) is 2.71. The van der Waals surface area contributed by atoms with Crippen LogP contribution in [0.2, 0.25) is 0 Å². The van der Waals surface area contributed by atoms with E-state index in [4.69, 9.17) is 10.5 Å². The van der Waals surface area contributed by atoms with Crippen LogP contribution in [-0.4, -0.2) is 39.5 Å². The summed E-state index contributed by atoms with van der Waals surface area (Å²) < 4.78 is 5.15. The van der Waals surface area contributed by atoms with Crippen LogP contribution in [0, 0.1) is 0 Å². The van der Waals surface area contributed by atoms with Gasteiger partial charge in [0.2, 0.25) is 5.95 Å². The maximum Gasteiger partial charge on any atom is 0.317 e. The SMILES string of the molecule is Nc1n[nH]c(C2(C(=O)O)CCOCC2)n1. The summed E-state index contributed by atoms with van der Waals surface area (Å²) in [5.74, 6) is -0.533. The second kappa shape index (κ2) is 3.50. The van der Waals surface area contributed by atoms with Gasteiger partial charge < -0.3 is 15.6 Å². The largest absolute Gasteiger partial charge is 0.480 e. The van der Waals surface area contributed by atoms with Crippen LogP contribution in [0.1, 0.15) is 18.7 Å². The number of carbonyl (C=O) groups is 1. The zero-order valence-corrected chi connectivity index (χ0v) is 8.06. The Labute approximate surface area is 85.6 Å². The number of anilines is 1. The van der Waals surface area contributed by atoms with Gasteiger partial charge >= 0.3 is 5.97 Å². The van der Waals surface area contributed by atoms with Crippen molar-refractivity contribution in [3.05, 3.63) is 5.82 Å². The van der Waals surface area contributed by atoms with Gasteiger partial charge in [0.1, 0.15) is 11.2 Å². The highest BCUT2D eigenvalue weighted by atomic mass is 16.5. The third kappa shape index (κ3) is 1.54. The average Bonchev–Trinajstić information content (AvgIpc) is 2.66. The molecule has 7 heteroatoms. The zero-order valence-electron chi connectivity index (χ0n) is 8.06. The fraction of sp³-hybridized carbons (Fsp3) is 0.625. The smallest absolute Gasteiger partial charge is 0.317 e. The number of rotatable bonds is 2. The van der Waals surface area contributed by atoms with E-state index in [1.807, 2.05) is 0 Å². The van der Waals surface area contributed by atoms with E-state index in [2.05, 4.69) is 15.2 Å². The molecule has 2 heterocycles. The van der Waals surface area contributed by atoms with Crippen LogP contribution in [0.4, 0.5) is 5.95 Å². The van der Waals surface area contributed by atoms with Gasteiger partial charge in [-0.05, 0) is 12.8 Å². The Morgan fingerprint density at radius 1 is 1.53 bits per heavy atom. The molecule has 82 valence electrons. The lowest BCUT2D eigenvalue weighted by molar-refractivity contribution is -0.148. The Morgan fingerprint density at radius 2 is 2.20 bits per heavy atom. The van der Waals surface area contributed by atoms with Gasteiger partial charge in [-0.2, -0.15) is 4.98 Å². The number of nitrogen functional groups attached to an aromatic ring is 1. The highest BCUT2D eigenvalue weighted by Gasteiger charge is 2.44. The van der Waals surface area contributed by atoms with E-state index in [1.54, 1.807) is 0 Å². The summed E-state index contributed by atoms with van der Waals surface area (Å²) in [7, 11) is 0. The molecule has 15 heavy (non-hydrogen) atoms. The summed E-state index contributed by atoms with van der Waals surface area (Å²) in [6.45, 7) is 0.819. The quantitative estimate of drug-likeness (QED) is 0.610. The van der Waals surface area contributed by atoms with Crippen molar-refractivity contribution in [1.29, 1.82) is 0 Å². The first-order valence-electron chi connectivity index (χ1n) is 4.65. The van der Waals surface area contributed by atoms with Gasteiger partial charge in [-0.15, -0.1) is 5.10 Å². The number of carboxylic acids is 1. The van der Waals surface area contributed by atoms with E-state index < -0.39 is 11.4 Å². The zero-order chi connectivity index (χ0) is 10.9. The Kier molecular flexibility index (Phi) is 2.31. The summed E-state index contributed by atoms with van der Waals surface area (Å²) >= 11 is 0. The van der Waals surface area contributed by atoms with Crippen LogP contribution in [0.5, 0.6) is 0 Å². The average molecular weight is 212 g/mol. The van der Waals surface area contributed by atoms with Crippen molar-refractivity contribution in [1.82, 2.24) is 15.2 Å². The molecule has 0 aliphatic carbocycles. The van der Waals surface area contributed by atoms with E-state index in [9.17, 15) is 9.90 Å². The summed E-state index contributed by atoms with van der Waals surface area (Å²) in [6, 6.07) is 0. The molecule has 1 aliphatic rings. The minimum Gasteiger partial charge on any atom is -0.480 e. The molecule has 0 aromatic carbocycles. The number of H-pyrrole nitrogens is 1. The lowest BCUT2D eigenvalue weighted by Crippen LogP contribution is -2.42. The van der Waals surface area contributed by atoms with Gasteiger partial charge in [0, 0.05) is 13.2 Å². The number of aromatic amines is 1. The maximum atomic E-state index is 11.3. The Hall–Kier alpha value is -1.63. The van der Waals surface area contributed by atoms with E-state index in [0.29, 0.717) is 31.9 Å². The minimum atomic E-state index is -1.02. The topological polar surface area (TPSA) is 114 Å². The lowest BCUT2D eigenvalue weighted by atomic mass is 9.79. The molecular formula is C8H12N4O3. The molecule has 7 nitrogen and oxygen atoms in total. The molecule has 0 saturated carbocycles. The van der Waals surface area contributed by atoms with Gasteiger partial charge in [-0.1, -0.05) is 0 Å². The van der Waals surface area contributed by atoms with Crippen LogP contribution in [0.3, 0.4) is 0 Å². The van der Waals surface area contributed by atoms with Gasteiger partial charge in [0.25, 0.3) is 0 Å². The van der Waals surface area contributed by atoms with Gasteiger partial charge in [0.05, 0.1) is 0 Å². The molecule has 0 amide bonds. The minimum absolute atomic E-state index is 0.0668. The molecule has 1 aliphatic heterocycles. The van der Waals surface area contributed by atoms with Crippen LogP contribution in [0.15, 0.2) is 0 Å². The molecule has 0 unspecified atom stereocenters. The standard InChI is InChI=1S/C8H12N4O3/c9-7-10-5(11-12-7)8(6(13)14)1-3-15-4-2-8/h1-4H2,(H,13,14)(H3,9,10,11,12). The Balaban J connectivity index is 2.37. The van der Waals surface area contributed by atoms with E-state index >= 15 is 0 Å². The predicted octanol–water partition coefficient (Wildman–Crippen LogP) is -0.480. The number of nitrogens with two attached hydrogens (primary N) is 1. The molecule has 2 rings (SSSR count). The van der Waals surface area contributed by atoms with Gasteiger partial charge in [-0.25, -0.2) is 0 Å². The molecule has 4 N–H and O–H groups in total. The maximum absolute atomic E-state index is 11.3. The Bertz CT molecular complexity index is 370. The Morgan fingerprint density at radius 3 is 2.67 bits per heavy atom. The lowest BCUT2D eigenvalue weighted by Gasteiger charge is -2.30. The summed E-state index contributed by atoms with van der Waals surface area (Å²) in [4.78, 5) is 15.2. The molecule has 0 atom stereocenters. The summed E-state index contributed by atoms with van der Waals surface area (Å²) in [5, 5.41) is 15.5. The van der Waals surface area contributed by atoms with Crippen LogP contribution in [-0.2, 0) is 14.9 Å². The number of aliphatic carboxylic acids is 1. The summed E-state index contributed by atoms with van der Waals surface area (Å²) in [6.07, 6.45) is 0.772. The summed E-state index contributed by atoms with van der Waals surface area (Å²) in [5.41, 5.74) is 4.34. The van der Waals surface area contributed by atoms with Crippen LogP contribution in [0.25, 0.3) is 0 Å². The normalized spacial score (nSPS) is 20.0. The molecule has 1 aromatic rings. The van der Waals surface area contributed by atoms with Gasteiger partial charge in [-0.3, -0.25) is 9.89 Å². The molecule has 0 bridgehead atoms. The molecule has 0 spiro atoms. The second-order valence-electron chi connectivity index (χ2n) is 3.54. The monoisotopic (exact) mass is 212 g/mol. The first-order valence-corrected chi connectivity index (χ1v) is 4.65. The van der Waals surface area contributed by atoms with Crippen molar-refractivity contribution in [2.45, 2.75) is 18.3 Å². The van der Waals surface area contributed by atoms with E-state index in [-0.39, 0.29) is 5.95 Å². The van der Waals surface area contributed by atoms with E-state index in [1.165, 1.54) is 0 Å². The number of ether oxygens (including phenoxy) is 1. The fourth-order valence-electron chi connectivity index (χ4n) is 1.76. The fourth-order valence-corrected chi connectivity index (χ4v) is 1.76. The third-order valence-corrected chi connectivity index (χ3v) is 2.71. The predicted molar refractivity (Wildman–Crippen MR) is 50.2 cm³/mol. The van der Waals surface area contributed by atoms with Crippen molar-refractivity contribution in [2.75, 3.05) is 18.9 Å². The number of carboxylic acid groups (broad SMARTS) is 1. The second-order valence-corrected chi connectivity index (χ2v) is 3.54.